The van der Waals surface area contributed by atoms with Crippen molar-refractivity contribution in [1.82, 2.24) is 25.1 Å². The summed E-state index contributed by atoms with van der Waals surface area (Å²) in [6.45, 7) is 4.86. The molecular weight excluding hydrogens is 404 g/mol. The molecule has 7 heteroatoms. The van der Waals surface area contributed by atoms with Crippen molar-refractivity contribution >= 4 is 43.6 Å². The Morgan fingerprint density at radius 1 is 0.963 bits per heavy atom. The standard InChI is InChI=1S/C20H19BrN6/c21-18-17-19(25-24-18)22-13-23-20(17)27-10-8-26(9-11-27)12-15-6-3-5-14-4-1-2-7-16(14)15/h1-7,13H,8-12H2,(H,22,23,24,25). The summed E-state index contributed by atoms with van der Waals surface area (Å²) < 4.78 is 0.770. The fraction of sp³-hybridized carbons (Fsp3) is 0.250. The van der Waals surface area contributed by atoms with Crippen LogP contribution >= 0.6 is 15.9 Å². The predicted molar refractivity (Wildman–Crippen MR) is 111 cm³/mol. The van der Waals surface area contributed by atoms with Gasteiger partial charge in [0.25, 0.3) is 0 Å². The third-order valence-corrected chi connectivity index (χ3v) is 5.81. The van der Waals surface area contributed by atoms with Gasteiger partial charge in [-0.15, -0.1) is 0 Å². The van der Waals surface area contributed by atoms with Crippen LogP contribution < -0.4 is 4.90 Å². The van der Waals surface area contributed by atoms with E-state index in [9.17, 15) is 0 Å². The highest BCUT2D eigenvalue weighted by Crippen LogP contribution is 2.29. The zero-order valence-electron chi connectivity index (χ0n) is 14.8. The molecule has 0 radical (unpaired) electrons. The van der Waals surface area contributed by atoms with Crippen molar-refractivity contribution in [3.63, 3.8) is 0 Å². The van der Waals surface area contributed by atoms with Crippen LogP contribution in [0.1, 0.15) is 5.56 Å². The van der Waals surface area contributed by atoms with Crippen molar-refractivity contribution in [3.05, 3.63) is 59.0 Å². The Labute approximate surface area is 165 Å². The minimum Gasteiger partial charge on any atom is -0.353 e. The number of hydrogen-bond donors (Lipinski definition) is 1. The molecule has 3 heterocycles. The number of aromatic nitrogens is 4. The molecule has 136 valence electrons. The van der Waals surface area contributed by atoms with Crippen molar-refractivity contribution in [2.45, 2.75) is 6.54 Å². The first-order valence-corrected chi connectivity index (χ1v) is 9.87. The molecule has 1 aliphatic rings. The number of nitrogens with zero attached hydrogens (tertiary/aromatic N) is 5. The fourth-order valence-electron chi connectivity index (χ4n) is 3.84. The second-order valence-electron chi connectivity index (χ2n) is 6.84. The van der Waals surface area contributed by atoms with Crippen LogP contribution in [0.25, 0.3) is 21.8 Å². The maximum absolute atomic E-state index is 4.52. The number of piperazine rings is 1. The normalized spacial score (nSPS) is 15.7. The van der Waals surface area contributed by atoms with Gasteiger partial charge in [0.1, 0.15) is 16.7 Å². The van der Waals surface area contributed by atoms with E-state index >= 15 is 0 Å². The lowest BCUT2D eigenvalue weighted by Gasteiger charge is -2.35. The molecular formula is C20H19BrN6. The van der Waals surface area contributed by atoms with Crippen molar-refractivity contribution in [2.24, 2.45) is 0 Å². The van der Waals surface area contributed by atoms with Crippen LogP contribution in [0.15, 0.2) is 53.4 Å². The molecule has 1 N–H and O–H groups in total. The largest absolute Gasteiger partial charge is 0.353 e. The molecule has 2 aromatic carbocycles. The van der Waals surface area contributed by atoms with E-state index in [1.807, 2.05) is 0 Å². The summed E-state index contributed by atoms with van der Waals surface area (Å²) in [5, 5.41) is 10.8. The van der Waals surface area contributed by atoms with Crippen molar-refractivity contribution in [3.8, 4) is 0 Å². The van der Waals surface area contributed by atoms with Gasteiger partial charge in [-0.3, -0.25) is 10.00 Å². The Balaban J connectivity index is 1.33. The topological polar surface area (TPSA) is 60.9 Å². The minimum absolute atomic E-state index is 0.769. The van der Waals surface area contributed by atoms with Crippen molar-refractivity contribution < 1.29 is 0 Å². The molecule has 5 rings (SSSR count). The predicted octanol–water partition coefficient (Wildman–Crippen LogP) is 3.59. The van der Waals surface area contributed by atoms with Gasteiger partial charge in [-0.2, -0.15) is 5.10 Å². The van der Waals surface area contributed by atoms with E-state index in [2.05, 4.69) is 88.4 Å². The molecule has 0 spiro atoms. The van der Waals surface area contributed by atoms with Gasteiger partial charge >= 0.3 is 0 Å². The molecule has 4 aromatic rings. The first-order valence-electron chi connectivity index (χ1n) is 9.08. The lowest BCUT2D eigenvalue weighted by molar-refractivity contribution is 0.250. The van der Waals surface area contributed by atoms with Crippen LogP contribution in [0.4, 0.5) is 5.82 Å². The number of nitrogens with one attached hydrogen (secondary N) is 1. The maximum atomic E-state index is 4.52. The summed E-state index contributed by atoms with van der Waals surface area (Å²) >= 11 is 3.50. The molecule has 0 aliphatic carbocycles. The zero-order valence-corrected chi connectivity index (χ0v) is 16.4. The molecule has 1 saturated heterocycles. The number of rotatable bonds is 3. The molecule has 0 saturated carbocycles. The third kappa shape index (κ3) is 3.07. The highest BCUT2D eigenvalue weighted by atomic mass is 79.9. The summed E-state index contributed by atoms with van der Waals surface area (Å²) in [6, 6.07) is 15.2. The second kappa shape index (κ2) is 6.90. The number of benzene rings is 2. The molecule has 0 atom stereocenters. The van der Waals surface area contributed by atoms with Gasteiger partial charge in [0.15, 0.2) is 5.65 Å². The van der Waals surface area contributed by atoms with Crippen LogP contribution in [0, 0.1) is 0 Å². The number of H-pyrrole nitrogens is 1. The van der Waals surface area contributed by atoms with Gasteiger partial charge in [0.05, 0.1) is 5.39 Å². The maximum Gasteiger partial charge on any atom is 0.161 e. The van der Waals surface area contributed by atoms with Crippen molar-refractivity contribution in [1.29, 1.82) is 0 Å². The highest BCUT2D eigenvalue weighted by molar-refractivity contribution is 9.10. The summed E-state index contributed by atoms with van der Waals surface area (Å²) in [5.41, 5.74) is 2.16. The first-order chi connectivity index (χ1) is 13.3. The molecule has 1 aliphatic heterocycles. The van der Waals surface area contributed by atoms with Gasteiger partial charge in [0.2, 0.25) is 0 Å². The Kier molecular flexibility index (Phi) is 4.26. The quantitative estimate of drug-likeness (QED) is 0.546. The fourth-order valence-corrected chi connectivity index (χ4v) is 4.29. The van der Waals surface area contributed by atoms with Gasteiger partial charge in [-0.05, 0) is 32.3 Å². The first kappa shape index (κ1) is 16.6. The number of fused-ring (bicyclic) bond motifs is 2. The van der Waals surface area contributed by atoms with Crippen LogP contribution in [-0.2, 0) is 6.54 Å². The van der Waals surface area contributed by atoms with Crippen LogP contribution in [-0.4, -0.2) is 51.2 Å². The summed E-state index contributed by atoms with van der Waals surface area (Å²) in [5.74, 6) is 0.949. The molecule has 27 heavy (non-hydrogen) atoms. The number of anilines is 1. The molecule has 2 aromatic heterocycles. The number of hydrogen-bond acceptors (Lipinski definition) is 5. The molecule has 6 nitrogen and oxygen atoms in total. The smallest absolute Gasteiger partial charge is 0.161 e. The monoisotopic (exact) mass is 422 g/mol. The van der Waals surface area contributed by atoms with Crippen LogP contribution in [0.2, 0.25) is 0 Å². The number of halogens is 1. The summed E-state index contributed by atoms with van der Waals surface area (Å²) in [7, 11) is 0. The Morgan fingerprint density at radius 3 is 2.67 bits per heavy atom. The van der Waals surface area contributed by atoms with E-state index < -0.39 is 0 Å². The van der Waals surface area contributed by atoms with E-state index in [0.717, 1.165) is 54.2 Å². The van der Waals surface area contributed by atoms with Crippen LogP contribution in [0.3, 0.4) is 0 Å². The summed E-state index contributed by atoms with van der Waals surface area (Å²) in [4.78, 5) is 13.6. The Bertz CT molecular complexity index is 1090. The number of aromatic amines is 1. The second-order valence-corrected chi connectivity index (χ2v) is 7.59. The molecule has 0 bridgehead atoms. The van der Waals surface area contributed by atoms with Crippen LogP contribution in [0.5, 0.6) is 0 Å². The zero-order chi connectivity index (χ0) is 18.2. The average molecular weight is 423 g/mol. The van der Waals surface area contributed by atoms with E-state index in [1.165, 1.54) is 16.3 Å². The van der Waals surface area contributed by atoms with E-state index in [0.29, 0.717) is 0 Å². The van der Waals surface area contributed by atoms with Gasteiger partial charge in [0, 0.05) is 32.7 Å². The van der Waals surface area contributed by atoms with E-state index in [-0.39, 0.29) is 0 Å². The van der Waals surface area contributed by atoms with Gasteiger partial charge in [-0.1, -0.05) is 42.5 Å². The van der Waals surface area contributed by atoms with Gasteiger partial charge in [-0.25, -0.2) is 9.97 Å². The lowest BCUT2D eigenvalue weighted by atomic mass is 10.0. The Morgan fingerprint density at radius 2 is 1.78 bits per heavy atom. The molecule has 0 unspecified atom stereocenters. The Hall–Kier alpha value is -2.51. The SMILES string of the molecule is Brc1n[nH]c2ncnc(N3CCN(Cc4cccc5ccccc45)CC3)c12. The van der Waals surface area contributed by atoms with E-state index in [4.69, 9.17) is 0 Å². The van der Waals surface area contributed by atoms with Crippen molar-refractivity contribution in [2.75, 3.05) is 31.1 Å². The highest BCUT2D eigenvalue weighted by Gasteiger charge is 2.22. The lowest BCUT2D eigenvalue weighted by Crippen LogP contribution is -2.46. The van der Waals surface area contributed by atoms with E-state index in [1.54, 1.807) is 6.33 Å². The third-order valence-electron chi connectivity index (χ3n) is 5.24. The molecule has 1 fully saturated rings. The van der Waals surface area contributed by atoms with Gasteiger partial charge < -0.3 is 4.90 Å². The minimum atomic E-state index is 0.769. The summed E-state index contributed by atoms with van der Waals surface area (Å²) in [6.07, 6.45) is 1.60. The average Bonchev–Trinajstić information content (AvgIpc) is 3.10. The molecule has 0 amide bonds.